The summed E-state index contributed by atoms with van der Waals surface area (Å²) in [5.74, 6) is 5.27. The number of thioether (sulfide) groups is 2. The van der Waals surface area contributed by atoms with Gasteiger partial charge < -0.3 is 5.32 Å². The van der Waals surface area contributed by atoms with Gasteiger partial charge in [0.1, 0.15) is 0 Å². The average molecular weight is 246 g/mol. The fourth-order valence-electron chi connectivity index (χ4n) is 2.22. The van der Waals surface area contributed by atoms with Crippen LogP contribution in [0.1, 0.15) is 13.3 Å². The van der Waals surface area contributed by atoms with Crippen molar-refractivity contribution in [2.24, 2.45) is 0 Å². The zero-order valence-electron chi connectivity index (χ0n) is 9.58. The third kappa shape index (κ3) is 3.84. The van der Waals surface area contributed by atoms with Crippen molar-refractivity contribution in [2.75, 3.05) is 42.6 Å². The molecule has 88 valence electrons. The molecule has 2 nitrogen and oxygen atoms in total. The van der Waals surface area contributed by atoms with Crippen LogP contribution in [0.3, 0.4) is 0 Å². The molecule has 0 aromatic carbocycles. The normalized spacial score (nSPS) is 34.2. The second-order valence-electron chi connectivity index (χ2n) is 4.47. The van der Waals surface area contributed by atoms with Crippen molar-refractivity contribution < 1.29 is 0 Å². The molecule has 15 heavy (non-hydrogen) atoms. The number of nitrogens with zero attached hydrogens (tertiary/aromatic N) is 1. The van der Waals surface area contributed by atoms with Crippen LogP contribution >= 0.6 is 23.5 Å². The summed E-state index contributed by atoms with van der Waals surface area (Å²) in [7, 11) is 0. The van der Waals surface area contributed by atoms with Gasteiger partial charge in [0.25, 0.3) is 0 Å². The molecule has 0 bridgehead atoms. The standard InChI is InChI=1S/C11H22N2S2/c1-10-8-15-7-5-13(10)4-2-11-9-14-6-3-12-11/h10-12H,2-9H2,1H3. The molecule has 0 aromatic rings. The van der Waals surface area contributed by atoms with Gasteiger partial charge in [0, 0.05) is 48.2 Å². The lowest BCUT2D eigenvalue weighted by atomic mass is 10.2. The first-order chi connectivity index (χ1) is 7.36. The molecule has 2 atom stereocenters. The van der Waals surface area contributed by atoms with Gasteiger partial charge in [-0.25, -0.2) is 0 Å². The van der Waals surface area contributed by atoms with Crippen LogP contribution in [0.5, 0.6) is 0 Å². The molecule has 1 N–H and O–H groups in total. The second-order valence-corrected chi connectivity index (χ2v) is 6.77. The first-order valence-corrected chi connectivity index (χ1v) is 8.30. The molecule has 0 aromatic heterocycles. The predicted molar refractivity (Wildman–Crippen MR) is 72.1 cm³/mol. The van der Waals surface area contributed by atoms with E-state index in [9.17, 15) is 0 Å². The van der Waals surface area contributed by atoms with E-state index in [1.807, 2.05) is 0 Å². The van der Waals surface area contributed by atoms with Crippen LogP contribution < -0.4 is 5.32 Å². The molecule has 2 unspecified atom stereocenters. The number of rotatable bonds is 3. The lowest BCUT2D eigenvalue weighted by Gasteiger charge is -2.34. The number of hydrogen-bond acceptors (Lipinski definition) is 4. The Bertz CT molecular complexity index is 183. The Morgan fingerprint density at radius 1 is 1.27 bits per heavy atom. The molecule has 0 aliphatic carbocycles. The van der Waals surface area contributed by atoms with Gasteiger partial charge in [-0.05, 0) is 19.9 Å². The van der Waals surface area contributed by atoms with Gasteiger partial charge in [-0.15, -0.1) is 0 Å². The molecule has 2 aliphatic rings. The Labute approximate surface area is 102 Å². The third-order valence-electron chi connectivity index (χ3n) is 3.27. The third-order valence-corrected chi connectivity index (χ3v) is 5.59. The SMILES string of the molecule is CC1CSCCN1CCC1CSCCN1. The molecular formula is C11H22N2S2. The van der Waals surface area contributed by atoms with E-state index in [1.165, 1.54) is 49.1 Å². The highest BCUT2D eigenvalue weighted by molar-refractivity contribution is 7.99. The van der Waals surface area contributed by atoms with Crippen LogP contribution in [0.4, 0.5) is 0 Å². The second kappa shape index (κ2) is 6.38. The Morgan fingerprint density at radius 2 is 2.13 bits per heavy atom. The van der Waals surface area contributed by atoms with Gasteiger partial charge in [0.2, 0.25) is 0 Å². The maximum absolute atomic E-state index is 3.62. The minimum absolute atomic E-state index is 0.769. The van der Waals surface area contributed by atoms with Crippen LogP contribution in [0.15, 0.2) is 0 Å². The summed E-state index contributed by atoms with van der Waals surface area (Å²) in [6, 6.07) is 1.56. The zero-order valence-corrected chi connectivity index (χ0v) is 11.2. The van der Waals surface area contributed by atoms with Crippen LogP contribution in [0.2, 0.25) is 0 Å². The van der Waals surface area contributed by atoms with Gasteiger partial charge in [-0.1, -0.05) is 0 Å². The van der Waals surface area contributed by atoms with Crippen LogP contribution in [-0.2, 0) is 0 Å². The molecule has 2 fully saturated rings. The first-order valence-electron chi connectivity index (χ1n) is 5.99. The summed E-state index contributed by atoms with van der Waals surface area (Å²) in [6.45, 7) is 6.17. The Hall–Kier alpha value is 0.620. The van der Waals surface area contributed by atoms with Crippen molar-refractivity contribution in [3.05, 3.63) is 0 Å². The quantitative estimate of drug-likeness (QED) is 0.812. The van der Waals surface area contributed by atoms with Crippen molar-refractivity contribution in [3.8, 4) is 0 Å². The number of hydrogen-bond donors (Lipinski definition) is 1. The van der Waals surface area contributed by atoms with E-state index in [2.05, 4.69) is 40.7 Å². The van der Waals surface area contributed by atoms with E-state index in [0.29, 0.717) is 0 Å². The highest BCUT2D eigenvalue weighted by Crippen LogP contribution is 2.17. The minimum atomic E-state index is 0.769. The van der Waals surface area contributed by atoms with Crippen molar-refractivity contribution in [3.63, 3.8) is 0 Å². The molecule has 2 saturated heterocycles. The van der Waals surface area contributed by atoms with Gasteiger partial charge in [0.05, 0.1) is 0 Å². The average Bonchev–Trinajstić information content (AvgIpc) is 2.29. The molecule has 2 heterocycles. The van der Waals surface area contributed by atoms with Gasteiger partial charge in [0.15, 0.2) is 0 Å². The van der Waals surface area contributed by atoms with Gasteiger partial charge in [-0.3, -0.25) is 4.90 Å². The zero-order chi connectivity index (χ0) is 10.5. The minimum Gasteiger partial charge on any atom is -0.312 e. The lowest BCUT2D eigenvalue weighted by molar-refractivity contribution is 0.221. The summed E-state index contributed by atoms with van der Waals surface area (Å²) in [6.07, 6.45) is 1.34. The lowest BCUT2D eigenvalue weighted by Crippen LogP contribution is -2.45. The van der Waals surface area contributed by atoms with E-state index in [1.54, 1.807) is 0 Å². The maximum Gasteiger partial charge on any atom is 0.0170 e. The monoisotopic (exact) mass is 246 g/mol. The smallest absolute Gasteiger partial charge is 0.0170 e. The van der Waals surface area contributed by atoms with Crippen molar-refractivity contribution in [1.29, 1.82) is 0 Å². The Balaban J connectivity index is 1.67. The van der Waals surface area contributed by atoms with Gasteiger partial charge >= 0.3 is 0 Å². The highest BCUT2D eigenvalue weighted by Gasteiger charge is 2.20. The highest BCUT2D eigenvalue weighted by atomic mass is 32.2. The van der Waals surface area contributed by atoms with E-state index >= 15 is 0 Å². The molecule has 2 rings (SSSR count). The number of nitrogens with one attached hydrogen (secondary N) is 1. The molecule has 0 spiro atoms. The van der Waals surface area contributed by atoms with Crippen molar-refractivity contribution in [1.82, 2.24) is 10.2 Å². The summed E-state index contributed by atoms with van der Waals surface area (Å²) < 4.78 is 0. The van der Waals surface area contributed by atoms with E-state index in [-0.39, 0.29) is 0 Å². The first kappa shape index (κ1) is 12.1. The molecule has 2 aliphatic heterocycles. The van der Waals surface area contributed by atoms with Crippen LogP contribution in [0, 0.1) is 0 Å². The van der Waals surface area contributed by atoms with Crippen LogP contribution in [0.25, 0.3) is 0 Å². The van der Waals surface area contributed by atoms with Crippen LogP contribution in [-0.4, -0.2) is 59.6 Å². The molecular weight excluding hydrogens is 224 g/mol. The Morgan fingerprint density at radius 3 is 2.87 bits per heavy atom. The van der Waals surface area contributed by atoms with E-state index in [4.69, 9.17) is 0 Å². The topological polar surface area (TPSA) is 15.3 Å². The van der Waals surface area contributed by atoms with E-state index < -0.39 is 0 Å². The van der Waals surface area contributed by atoms with E-state index in [0.717, 1.165) is 12.1 Å². The van der Waals surface area contributed by atoms with Crippen molar-refractivity contribution in [2.45, 2.75) is 25.4 Å². The van der Waals surface area contributed by atoms with Gasteiger partial charge in [-0.2, -0.15) is 23.5 Å². The largest absolute Gasteiger partial charge is 0.312 e. The summed E-state index contributed by atoms with van der Waals surface area (Å²) in [5, 5.41) is 3.62. The Kier molecular flexibility index (Phi) is 5.14. The fourth-order valence-corrected chi connectivity index (χ4v) is 4.30. The van der Waals surface area contributed by atoms with Crippen molar-refractivity contribution >= 4 is 23.5 Å². The molecule has 0 radical (unpaired) electrons. The molecule has 0 saturated carbocycles. The molecule has 0 amide bonds. The summed E-state index contributed by atoms with van der Waals surface area (Å²) >= 11 is 4.21. The molecule has 4 heteroatoms. The summed E-state index contributed by atoms with van der Waals surface area (Å²) in [5.41, 5.74) is 0. The fraction of sp³-hybridized carbons (Fsp3) is 1.00. The summed E-state index contributed by atoms with van der Waals surface area (Å²) in [4.78, 5) is 2.66. The predicted octanol–water partition coefficient (Wildman–Crippen LogP) is 1.52. The maximum atomic E-state index is 3.62.